The van der Waals surface area contributed by atoms with Crippen molar-refractivity contribution < 1.29 is 9.47 Å². The molecule has 0 aliphatic rings. The quantitative estimate of drug-likeness (QED) is 0.749. The second kappa shape index (κ2) is 8.18. The molecule has 0 radical (unpaired) electrons. The third-order valence-electron chi connectivity index (χ3n) is 3.77. The van der Waals surface area contributed by atoms with Crippen molar-refractivity contribution in [2.75, 3.05) is 14.2 Å². The molecule has 2 aromatic rings. The van der Waals surface area contributed by atoms with Gasteiger partial charge in [-0.1, -0.05) is 24.6 Å². The molecular weight excluding hydrogens is 292 g/mol. The van der Waals surface area contributed by atoms with Crippen molar-refractivity contribution in [2.24, 2.45) is 0 Å². The molecule has 122 valence electrons. The van der Waals surface area contributed by atoms with Crippen molar-refractivity contribution in [1.82, 2.24) is 15.0 Å². The Kier molecular flexibility index (Phi) is 5.98. The minimum Gasteiger partial charge on any atom is -0.493 e. The van der Waals surface area contributed by atoms with Crippen LogP contribution < -0.4 is 9.47 Å². The molecular formula is C17H22N4O2. The number of ether oxygens (including phenoxy) is 2. The number of aromatic nitrogens is 3. The molecule has 1 aromatic heterocycles. The fourth-order valence-electron chi connectivity index (χ4n) is 2.45. The lowest BCUT2D eigenvalue weighted by atomic mass is 10.1. The highest BCUT2D eigenvalue weighted by molar-refractivity contribution is 5.43. The van der Waals surface area contributed by atoms with Crippen LogP contribution in [0.2, 0.25) is 0 Å². The van der Waals surface area contributed by atoms with Gasteiger partial charge in [-0.3, -0.25) is 0 Å². The number of rotatable bonds is 8. The van der Waals surface area contributed by atoms with E-state index in [2.05, 4.69) is 23.3 Å². The topological polar surface area (TPSA) is 73.0 Å². The summed E-state index contributed by atoms with van der Waals surface area (Å²) in [5.41, 5.74) is 2.44. The highest BCUT2D eigenvalue weighted by Crippen LogP contribution is 2.28. The molecule has 0 amide bonds. The Balaban J connectivity index is 2.14. The molecule has 0 N–H and O–H groups in total. The second-order valence-electron chi connectivity index (χ2n) is 5.26. The van der Waals surface area contributed by atoms with Crippen LogP contribution in [0.4, 0.5) is 0 Å². The first-order valence-corrected chi connectivity index (χ1v) is 7.76. The Labute approximate surface area is 136 Å². The number of aryl methyl sites for hydroxylation is 2. The molecule has 2 rings (SSSR count). The van der Waals surface area contributed by atoms with Crippen LogP contribution in [0.5, 0.6) is 11.5 Å². The molecule has 0 saturated heterocycles. The molecule has 0 spiro atoms. The molecule has 6 heteroatoms. The lowest BCUT2D eigenvalue weighted by Gasteiger charge is -2.10. The summed E-state index contributed by atoms with van der Waals surface area (Å²) in [6.45, 7) is 2.93. The summed E-state index contributed by atoms with van der Waals surface area (Å²) in [5, 5.41) is 17.3. The first kappa shape index (κ1) is 16.8. The first-order chi connectivity index (χ1) is 11.2. The van der Waals surface area contributed by atoms with Crippen molar-refractivity contribution in [3.63, 3.8) is 0 Å². The number of nitriles is 1. The van der Waals surface area contributed by atoms with E-state index < -0.39 is 0 Å². The smallest absolute Gasteiger partial charge is 0.185 e. The lowest BCUT2D eigenvalue weighted by molar-refractivity contribution is 0.354. The molecule has 0 saturated carbocycles. The minimum absolute atomic E-state index is 0.418. The van der Waals surface area contributed by atoms with E-state index in [4.69, 9.17) is 9.47 Å². The van der Waals surface area contributed by atoms with Gasteiger partial charge in [-0.15, -0.1) is 5.10 Å². The average molecular weight is 314 g/mol. The van der Waals surface area contributed by atoms with Gasteiger partial charge >= 0.3 is 0 Å². The number of nitrogens with zero attached hydrogens (tertiary/aromatic N) is 4. The molecule has 0 unspecified atom stereocenters. The van der Waals surface area contributed by atoms with Gasteiger partial charge in [0.15, 0.2) is 17.2 Å². The van der Waals surface area contributed by atoms with E-state index in [1.54, 1.807) is 14.2 Å². The van der Waals surface area contributed by atoms with Gasteiger partial charge in [-0.2, -0.15) is 5.26 Å². The zero-order valence-corrected chi connectivity index (χ0v) is 13.9. The van der Waals surface area contributed by atoms with Gasteiger partial charge in [0.2, 0.25) is 0 Å². The van der Waals surface area contributed by atoms with E-state index in [-0.39, 0.29) is 0 Å². The molecule has 1 aromatic carbocycles. The van der Waals surface area contributed by atoms with E-state index in [1.807, 2.05) is 22.9 Å². The summed E-state index contributed by atoms with van der Waals surface area (Å²) in [5.74, 6) is 1.42. The molecule has 0 fully saturated rings. The van der Waals surface area contributed by atoms with Gasteiger partial charge in [0, 0.05) is 6.54 Å². The summed E-state index contributed by atoms with van der Waals surface area (Å²) < 4.78 is 12.4. The van der Waals surface area contributed by atoms with Gasteiger partial charge in [-0.05, 0) is 37.0 Å². The standard InChI is InChI=1S/C17H22N4O2/c1-4-5-10-21-15(14(12-18)19-20-21)8-6-13-7-9-16(22-2)17(11-13)23-3/h7,9,11H,4-6,8,10H2,1-3H3. The van der Waals surface area contributed by atoms with Gasteiger partial charge in [0.25, 0.3) is 0 Å². The van der Waals surface area contributed by atoms with Crippen molar-refractivity contribution in [3.8, 4) is 17.6 Å². The second-order valence-corrected chi connectivity index (χ2v) is 5.26. The predicted octanol–water partition coefficient (Wildman–Crippen LogP) is 2.75. The highest BCUT2D eigenvalue weighted by atomic mass is 16.5. The van der Waals surface area contributed by atoms with E-state index in [0.29, 0.717) is 17.2 Å². The first-order valence-electron chi connectivity index (χ1n) is 7.76. The van der Waals surface area contributed by atoms with Crippen LogP contribution in [-0.4, -0.2) is 29.2 Å². The fourth-order valence-corrected chi connectivity index (χ4v) is 2.45. The maximum atomic E-state index is 9.20. The normalized spacial score (nSPS) is 10.3. The molecule has 0 atom stereocenters. The van der Waals surface area contributed by atoms with Crippen LogP contribution in [0.1, 0.15) is 36.7 Å². The molecule has 1 heterocycles. The zero-order chi connectivity index (χ0) is 16.7. The third-order valence-corrected chi connectivity index (χ3v) is 3.77. The summed E-state index contributed by atoms with van der Waals surface area (Å²) in [6.07, 6.45) is 3.61. The van der Waals surface area contributed by atoms with Gasteiger partial charge in [0.1, 0.15) is 6.07 Å². The summed E-state index contributed by atoms with van der Waals surface area (Å²) >= 11 is 0. The van der Waals surface area contributed by atoms with Gasteiger partial charge in [-0.25, -0.2) is 4.68 Å². The largest absolute Gasteiger partial charge is 0.493 e. The lowest BCUT2D eigenvalue weighted by Crippen LogP contribution is -2.07. The molecule has 0 bridgehead atoms. The number of methoxy groups -OCH3 is 2. The SMILES string of the molecule is CCCCn1nnc(C#N)c1CCc1ccc(OC)c(OC)c1. The maximum absolute atomic E-state index is 9.20. The third kappa shape index (κ3) is 4.01. The number of unbranched alkanes of at least 4 members (excludes halogenated alkanes) is 1. The maximum Gasteiger partial charge on any atom is 0.185 e. The van der Waals surface area contributed by atoms with Crippen LogP contribution in [0.25, 0.3) is 0 Å². The summed E-state index contributed by atoms with van der Waals surface area (Å²) in [6, 6.07) is 8.00. The Morgan fingerprint density at radius 3 is 2.61 bits per heavy atom. The van der Waals surface area contributed by atoms with Crippen LogP contribution in [0, 0.1) is 11.3 Å². The number of hydrogen-bond donors (Lipinski definition) is 0. The predicted molar refractivity (Wildman–Crippen MR) is 86.6 cm³/mol. The molecule has 23 heavy (non-hydrogen) atoms. The summed E-state index contributed by atoms with van der Waals surface area (Å²) in [4.78, 5) is 0. The van der Waals surface area contributed by atoms with E-state index in [0.717, 1.165) is 43.5 Å². The van der Waals surface area contributed by atoms with Crippen LogP contribution in [0.3, 0.4) is 0 Å². The minimum atomic E-state index is 0.418. The van der Waals surface area contributed by atoms with Crippen molar-refractivity contribution in [2.45, 2.75) is 39.2 Å². The molecule has 0 aliphatic heterocycles. The van der Waals surface area contributed by atoms with E-state index in [1.165, 1.54) is 0 Å². The van der Waals surface area contributed by atoms with Crippen molar-refractivity contribution in [1.29, 1.82) is 5.26 Å². The average Bonchev–Trinajstić information content (AvgIpc) is 2.99. The monoisotopic (exact) mass is 314 g/mol. The van der Waals surface area contributed by atoms with Crippen LogP contribution in [-0.2, 0) is 19.4 Å². The Morgan fingerprint density at radius 2 is 1.96 bits per heavy atom. The summed E-state index contributed by atoms with van der Waals surface area (Å²) in [7, 11) is 3.24. The number of benzene rings is 1. The van der Waals surface area contributed by atoms with Gasteiger partial charge < -0.3 is 9.47 Å². The van der Waals surface area contributed by atoms with Crippen LogP contribution in [0.15, 0.2) is 18.2 Å². The van der Waals surface area contributed by atoms with Crippen molar-refractivity contribution >= 4 is 0 Å². The fraction of sp³-hybridized carbons (Fsp3) is 0.471. The molecule has 6 nitrogen and oxygen atoms in total. The van der Waals surface area contributed by atoms with Gasteiger partial charge in [0.05, 0.1) is 19.9 Å². The highest BCUT2D eigenvalue weighted by Gasteiger charge is 2.13. The van der Waals surface area contributed by atoms with E-state index in [9.17, 15) is 5.26 Å². The Morgan fingerprint density at radius 1 is 1.17 bits per heavy atom. The van der Waals surface area contributed by atoms with E-state index >= 15 is 0 Å². The Bertz CT molecular complexity index is 688. The number of hydrogen-bond acceptors (Lipinski definition) is 5. The zero-order valence-electron chi connectivity index (χ0n) is 13.9. The Hall–Kier alpha value is -2.55. The molecule has 0 aliphatic carbocycles. The van der Waals surface area contributed by atoms with Crippen LogP contribution >= 0.6 is 0 Å². The van der Waals surface area contributed by atoms with Crippen molar-refractivity contribution in [3.05, 3.63) is 35.2 Å².